The van der Waals surface area contributed by atoms with E-state index in [0.29, 0.717) is 11.7 Å². The van der Waals surface area contributed by atoms with Crippen LogP contribution in [0.25, 0.3) is 0 Å². The number of Topliss-reactive ketones (excluding diaryl/α,β-unsaturated/α-hetero) is 1. The first-order valence-electron chi connectivity index (χ1n) is 7.55. The van der Waals surface area contributed by atoms with Gasteiger partial charge in [0, 0.05) is 11.3 Å². The third kappa shape index (κ3) is 4.38. The predicted molar refractivity (Wildman–Crippen MR) is 82.6 cm³/mol. The van der Waals surface area contributed by atoms with Gasteiger partial charge in [-0.3, -0.25) is 4.79 Å². The second-order valence-corrected chi connectivity index (χ2v) is 6.68. The molecule has 0 aliphatic heterocycles. The molecule has 0 N–H and O–H groups in total. The summed E-state index contributed by atoms with van der Waals surface area (Å²) in [7, 11) is 0. The van der Waals surface area contributed by atoms with Crippen molar-refractivity contribution in [2.75, 3.05) is 0 Å². The molecular weight excluding hydrogens is 252 g/mol. The van der Waals surface area contributed by atoms with Crippen molar-refractivity contribution >= 4 is 17.5 Å². The Hall–Kier alpha value is -0.760. The maximum Gasteiger partial charge on any atom is 0.146 e. The minimum absolute atomic E-state index is 0.212. The molecule has 0 aromatic heterocycles. The molecule has 1 aromatic rings. The third-order valence-corrected chi connectivity index (χ3v) is 5.39. The third-order valence-electron chi connectivity index (χ3n) is 3.94. The topological polar surface area (TPSA) is 17.1 Å². The zero-order valence-corrected chi connectivity index (χ0v) is 12.6. The lowest BCUT2D eigenvalue weighted by atomic mass is 9.99. The lowest BCUT2D eigenvalue weighted by Gasteiger charge is -2.17. The van der Waals surface area contributed by atoms with Gasteiger partial charge in [0.25, 0.3) is 0 Å². The number of ketones is 1. The summed E-state index contributed by atoms with van der Waals surface area (Å²) in [5.41, 5.74) is 0. The van der Waals surface area contributed by atoms with Crippen LogP contribution in [0.2, 0.25) is 0 Å². The highest BCUT2D eigenvalue weighted by atomic mass is 32.2. The smallest absolute Gasteiger partial charge is 0.146 e. The van der Waals surface area contributed by atoms with Crippen LogP contribution in [0, 0.1) is 5.92 Å². The molecule has 2 rings (SSSR count). The summed E-state index contributed by atoms with van der Waals surface area (Å²) in [6, 6.07) is 10.4. The highest BCUT2D eigenvalue weighted by Crippen LogP contribution is 2.39. The second-order valence-electron chi connectivity index (χ2n) is 5.47. The molecule has 0 radical (unpaired) electrons. The van der Waals surface area contributed by atoms with E-state index in [9.17, 15) is 4.79 Å². The van der Waals surface area contributed by atoms with Gasteiger partial charge >= 0.3 is 0 Å². The predicted octanol–water partition coefficient (Wildman–Crippen LogP) is 5.10. The Bertz CT molecular complexity index is 388. The molecule has 0 unspecified atom stereocenters. The fourth-order valence-electron chi connectivity index (χ4n) is 2.82. The van der Waals surface area contributed by atoms with Crippen molar-refractivity contribution in [3.63, 3.8) is 0 Å². The van der Waals surface area contributed by atoms with Crippen LogP contribution in [0.4, 0.5) is 0 Å². The number of carbonyl (C=O) groups excluding carboxylic acids is 1. The molecular formula is C17H24OS. The minimum Gasteiger partial charge on any atom is -0.298 e. The molecule has 1 aliphatic carbocycles. The van der Waals surface area contributed by atoms with Crippen molar-refractivity contribution < 1.29 is 4.79 Å². The van der Waals surface area contributed by atoms with Gasteiger partial charge in [-0.1, -0.05) is 50.8 Å². The van der Waals surface area contributed by atoms with Crippen molar-refractivity contribution in [2.45, 2.75) is 62.0 Å². The first-order valence-corrected chi connectivity index (χ1v) is 8.43. The van der Waals surface area contributed by atoms with E-state index in [1.54, 1.807) is 11.8 Å². The van der Waals surface area contributed by atoms with Gasteiger partial charge in [-0.2, -0.15) is 0 Å². The van der Waals surface area contributed by atoms with Crippen molar-refractivity contribution in [2.24, 2.45) is 5.92 Å². The maximum atomic E-state index is 12.1. The van der Waals surface area contributed by atoms with Gasteiger partial charge in [0.2, 0.25) is 0 Å². The Morgan fingerprint density at radius 2 is 1.95 bits per heavy atom. The fourth-order valence-corrected chi connectivity index (χ4v) is 4.14. The molecule has 1 fully saturated rings. The van der Waals surface area contributed by atoms with Crippen LogP contribution in [0.15, 0.2) is 35.2 Å². The molecule has 1 saturated carbocycles. The first kappa shape index (κ1) is 14.6. The van der Waals surface area contributed by atoms with Gasteiger partial charge in [-0.15, -0.1) is 11.8 Å². The number of unbranched alkanes of at least 4 members (excludes halogenated alkanes) is 3. The van der Waals surface area contributed by atoms with Crippen LogP contribution in [0.5, 0.6) is 0 Å². The molecule has 0 saturated heterocycles. The largest absolute Gasteiger partial charge is 0.298 e. The molecule has 0 spiro atoms. The second kappa shape index (κ2) is 7.74. The minimum atomic E-state index is 0.212. The average Bonchev–Trinajstić information content (AvgIpc) is 2.78. The number of benzene rings is 1. The summed E-state index contributed by atoms with van der Waals surface area (Å²) in [5, 5.41) is 0.212. The number of rotatable bonds is 7. The number of carbonyl (C=O) groups is 1. The SMILES string of the molecule is CCCCCC[C@H]1CCC(=O)[C@H]1Sc1ccccc1. The lowest BCUT2D eigenvalue weighted by molar-refractivity contribution is -0.117. The van der Waals surface area contributed by atoms with Gasteiger partial charge in [-0.05, 0) is 30.9 Å². The number of hydrogen-bond acceptors (Lipinski definition) is 2. The van der Waals surface area contributed by atoms with Gasteiger partial charge in [0.15, 0.2) is 0 Å². The Morgan fingerprint density at radius 3 is 2.68 bits per heavy atom. The van der Waals surface area contributed by atoms with E-state index in [0.717, 1.165) is 12.8 Å². The zero-order valence-electron chi connectivity index (χ0n) is 11.8. The lowest BCUT2D eigenvalue weighted by Crippen LogP contribution is -2.17. The molecule has 0 amide bonds. The van der Waals surface area contributed by atoms with Crippen LogP contribution in [-0.2, 0) is 4.79 Å². The fraction of sp³-hybridized carbons (Fsp3) is 0.588. The van der Waals surface area contributed by atoms with Gasteiger partial charge in [0.05, 0.1) is 5.25 Å². The summed E-state index contributed by atoms with van der Waals surface area (Å²) < 4.78 is 0. The van der Waals surface area contributed by atoms with Crippen LogP contribution in [-0.4, -0.2) is 11.0 Å². The molecule has 1 nitrogen and oxygen atoms in total. The molecule has 0 bridgehead atoms. The average molecular weight is 276 g/mol. The summed E-state index contributed by atoms with van der Waals surface area (Å²) >= 11 is 1.78. The highest BCUT2D eigenvalue weighted by Gasteiger charge is 2.34. The van der Waals surface area contributed by atoms with E-state index in [1.807, 2.05) is 6.07 Å². The molecule has 1 aliphatic rings. The van der Waals surface area contributed by atoms with Crippen LogP contribution < -0.4 is 0 Å². The number of thioether (sulfide) groups is 1. The van der Waals surface area contributed by atoms with E-state index in [4.69, 9.17) is 0 Å². The van der Waals surface area contributed by atoms with Crippen molar-refractivity contribution in [1.29, 1.82) is 0 Å². The summed E-state index contributed by atoms with van der Waals surface area (Å²) in [5.74, 6) is 1.07. The van der Waals surface area contributed by atoms with Gasteiger partial charge in [0.1, 0.15) is 5.78 Å². The van der Waals surface area contributed by atoms with E-state index in [-0.39, 0.29) is 5.25 Å². The number of hydrogen-bond donors (Lipinski definition) is 0. The quantitative estimate of drug-likeness (QED) is 0.645. The Balaban J connectivity index is 1.87. The van der Waals surface area contributed by atoms with Crippen molar-refractivity contribution in [3.8, 4) is 0 Å². The van der Waals surface area contributed by atoms with E-state index in [1.165, 1.54) is 37.0 Å². The van der Waals surface area contributed by atoms with Gasteiger partial charge in [-0.25, -0.2) is 0 Å². The molecule has 19 heavy (non-hydrogen) atoms. The van der Waals surface area contributed by atoms with Crippen molar-refractivity contribution in [1.82, 2.24) is 0 Å². The van der Waals surface area contributed by atoms with E-state index >= 15 is 0 Å². The molecule has 0 heterocycles. The summed E-state index contributed by atoms with van der Waals surface area (Å²) in [6.45, 7) is 2.24. The summed E-state index contributed by atoms with van der Waals surface area (Å²) in [4.78, 5) is 13.3. The standard InChI is InChI=1S/C17H24OS/c1-2-3-4-6-9-14-12-13-16(18)17(14)19-15-10-7-5-8-11-15/h5,7-8,10-11,14,17H,2-4,6,9,12-13H2,1H3/t14-,17-/m0/s1. The normalized spacial score (nSPS) is 22.9. The molecule has 1 aromatic carbocycles. The van der Waals surface area contributed by atoms with Crippen LogP contribution in [0.1, 0.15) is 51.9 Å². The molecule has 2 atom stereocenters. The molecule has 104 valence electrons. The monoisotopic (exact) mass is 276 g/mol. The zero-order chi connectivity index (χ0) is 13.5. The van der Waals surface area contributed by atoms with Gasteiger partial charge < -0.3 is 0 Å². The maximum absolute atomic E-state index is 12.1. The first-order chi connectivity index (χ1) is 9.31. The highest BCUT2D eigenvalue weighted by molar-refractivity contribution is 8.00. The van der Waals surface area contributed by atoms with Crippen molar-refractivity contribution in [3.05, 3.63) is 30.3 Å². The van der Waals surface area contributed by atoms with E-state index in [2.05, 4.69) is 31.2 Å². The Morgan fingerprint density at radius 1 is 1.16 bits per heavy atom. The Labute approximate surface area is 121 Å². The Kier molecular flexibility index (Phi) is 5.96. The van der Waals surface area contributed by atoms with E-state index < -0.39 is 0 Å². The van der Waals surface area contributed by atoms with Crippen LogP contribution >= 0.6 is 11.8 Å². The van der Waals surface area contributed by atoms with Crippen LogP contribution in [0.3, 0.4) is 0 Å². The summed E-state index contributed by atoms with van der Waals surface area (Å²) in [6.07, 6.45) is 8.36. The molecule has 2 heteroatoms.